The summed E-state index contributed by atoms with van der Waals surface area (Å²) < 4.78 is 1.76. The molecule has 1 aromatic carbocycles. The Balaban J connectivity index is 1.74. The molecule has 0 fully saturated rings. The fourth-order valence-corrected chi connectivity index (χ4v) is 5.08. The number of allylic oxidation sites excluding steroid dienone is 2. The smallest absolute Gasteiger partial charge is 0.269 e. The molecule has 9 heteroatoms. The van der Waals surface area contributed by atoms with Crippen molar-refractivity contribution in [1.29, 1.82) is 0 Å². The van der Waals surface area contributed by atoms with Crippen molar-refractivity contribution in [3.8, 4) is 0 Å². The summed E-state index contributed by atoms with van der Waals surface area (Å²) in [6, 6.07) is 5.95. The number of anilines is 1. The van der Waals surface area contributed by atoms with E-state index in [9.17, 15) is 14.9 Å². The molecule has 1 aromatic heterocycles. The Morgan fingerprint density at radius 2 is 2.00 bits per heavy atom. The lowest BCUT2D eigenvalue weighted by atomic mass is 9.73. The highest BCUT2D eigenvalue weighted by Crippen LogP contribution is 2.45. The number of rotatable bonds is 7. The van der Waals surface area contributed by atoms with Gasteiger partial charge in [0.15, 0.2) is 5.78 Å². The van der Waals surface area contributed by atoms with Crippen LogP contribution in [0.4, 0.5) is 11.6 Å². The van der Waals surface area contributed by atoms with E-state index in [0.717, 1.165) is 36.3 Å². The number of nitrogens with one attached hydrogen (secondary N) is 1. The summed E-state index contributed by atoms with van der Waals surface area (Å²) in [6.07, 6.45) is 4.63. The third kappa shape index (κ3) is 4.37. The summed E-state index contributed by atoms with van der Waals surface area (Å²) in [4.78, 5) is 28.5. The van der Waals surface area contributed by atoms with Crippen LogP contribution in [0.2, 0.25) is 0 Å². The first-order valence-electron chi connectivity index (χ1n) is 10.7. The molecule has 0 amide bonds. The number of hydrogen-bond donors (Lipinski definition) is 1. The normalized spacial score (nSPS) is 19.6. The minimum Gasteiger partial charge on any atom is -0.328 e. The molecular weight excluding hydrogens is 414 g/mol. The number of hydrogen-bond acceptors (Lipinski definition) is 7. The lowest BCUT2D eigenvalue weighted by Crippen LogP contribution is -2.36. The Bertz CT molecular complexity index is 1040. The molecule has 0 saturated carbocycles. The largest absolute Gasteiger partial charge is 0.328 e. The van der Waals surface area contributed by atoms with Crippen LogP contribution in [0.15, 0.2) is 40.7 Å². The van der Waals surface area contributed by atoms with Crippen molar-refractivity contribution in [2.75, 3.05) is 11.1 Å². The molecule has 1 N–H and O–H groups in total. The van der Waals surface area contributed by atoms with E-state index in [2.05, 4.69) is 31.1 Å². The summed E-state index contributed by atoms with van der Waals surface area (Å²) >= 11 is 1.62. The van der Waals surface area contributed by atoms with E-state index < -0.39 is 11.0 Å². The molecule has 164 valence electrons. The minimum atomic E-state index is -0.437. The van der Waals surface area contributed by atoms with Gasteiger partial charge in [0, 0.05) is 35.6 Å². The van der Waals surface area contributed by atoms with Crippen LogP contribution in [0.5, 0.6) is 0 Å². The Kier molecular flexibility index (Phi) is 5.88. The van der Waals surface area contributed by atoms with Crippen LogP contribution in [-0.4, -0.2) is 31.2 Å². The predicted octanol–water partition coefficient (Wildman–Crippen LogP) is 5.13. The number of nitrogens with zero attached hydrogens (tertiary/aromatic N) is 4. The van der Waals surface area contributed by atoms with Crippen molar-refractivity contribution in [3.05, 3.63) is 51.2 Å². The van der Waals surface area contributed by atoms with Crippen LogP contribution >= 0.6 is 11.8 Å². The first kappa shape index (κ1) is 21.5. The summed E-state index contributed by atoms with van der Waals surface area (Å²) in [5, 5.41) is 19.8. The number of nitro benzene ring substituents is 1. The predicted molar refractivity (Wildman–Crippen MR) is 120 cm³/mol. The Morgan fingerprint density at radius 3 is 2.68 bits per heavy atom. The monoisotopic (exact) mass is 441 g/mol. The highest BCUT2D eigenvalue weighted by molar-refractivity contribution is 7.99. The quantitative estimate of drug-likeness (QED) is 0.275. The zero-order chi connectivity index (χ0) is 22.2. The molecule has 31 heavy (non-hydrogen) atoms. The Hall–Kier alpha value is -2.68. The van der Waals surface area contributed by atoms with Crippen molar-refractivity contribution in [3.63, 3.8) is 0 Å². The maximum atomic E-state index is 13.2. The molecule has 1 aliphatic carbocycles. The van der Waals surface area contributed by atoms with Crippen LogP contribution in [0, 0.1) is 15.5 Å². The van der Waals surface area contributed by atoms with Crippen LogP contribution < -0.4 is 5.32 Å². The summed E-state index contributed by atoms with van der Waals surface area (Å²) in [5.41, 5.74) is 2.25. The number of nitro groups is 1. The molecule has 2 heterocycles. The standard InChI is InChI=1S/C22H27N5O3S/c1-4-5-6-11-31-21-24-20-23-16-12-22(2,3)13-17(28)18(16)19(26(20)25-21)14-7-9-15(10-8-14)27(29)30/h7-10,19H,4-6,11-13H2,1-3H3,(H,23,24,25). The Labute approximate surface area is 185 Å². The lowest BCUT2D eigenvalue weighted by Gasteiger charge is -2.38. The van der Waals surface area contributed by atoms with Gasteiger partial charge in [-0.1, -0.05) is 45.4 Å². The third-order valence-corrected chi connectivity index (χ3v) is 6.64. The topological polar surface area (TPSA) is 103 Å². The SMILES string of the molecule is CCCCCSc1nc2n(n1)C(c1ccc([N+](=O)[O-])cc1)C1=C(CC(C)(C)CC1=O)N2. The second-order valence-corrected chi connectivity index (χ2v) is 9.99. The molecule has 0 saturated heterocycles. The Morgan fingerprint density at radius 1 is 1.26 bits per heavy atom. The number of thioether (sulfide) groups is 1. The molecule has 1 unspecified atom stereocenters. The van der Waals surface area contributed by atoms with Gasteiger partial charge in [-0.05, 0) is 36.0 Å². The number of non-ortho nitro benzene ring substituents is 1. The van der Waals surface area contributed by atoms with Gasteiger partial charge in [-0.15, -0.1) is 5.10 Å². The lowest BCUT2D eigenvalue weighted by molar-refractivity contribution is -0.384. The van der Waals surface area contributed by atoms with Gasteiger partial charge in [-0.25, -0.2) is 4.68 Å². The van der Waals surface area contributed by atoms with Crippen molar-refractivity contribution in [2.45, 2.75) is 64.1 Å². The molecular formula is C22H27N5O3S. The average molecular weight is 442 g/mol. The number of aromatic nitrogens is 3. The van der Waals surface area contributed by atoms with Crippen molar-refractivity contribution in [1.82, 2.24) is 14.8 Å². The van der Waals surface area contributed by atoms with Gasteiger partial charge in [-0.2, -0.15) is 4.98 Å². The van der Waals surface area contributed by atoms with E-state index in [-0.39, 0.29) is 16.9 Å². The molecule has 1 atom stereocenters. The van der Waals surface area contributed by atoms with Crippen LogP contribution in [0.1, 0.15) is 64.5 Å². The van der Waals surface area contributed by atoms with Gasteiger partial charge in [0.05, 0.1) is 4.92 Å². The average Bonchev–Trinajstić information content (AvgIpc) is 3.11. The minimum absolute atomic E-state index is 0.0222. The van der Waals surface area contributed by atoms with E-state index in [1.165, 1.54) is 18.6 Å². The third-order valence-electron chi connectivity index (χ3n) is 5.71. The highest BCUT2D eigenvalue weighted by Gasteiger charge is 2.41. The number of carbonyl (C=O) groups is 1. The van der Waals surface area contributed by atoms with Gasteiger partial charge in [-0.3, -0.25) is 14.9 Å². The number of fused-ring (bicyclic) bond motifs is 1. The molecule has 2 aliphatic rings. The second-order valence-electron chi connectivity index (χ2n) is 8.93. The van der Waals surface area contributed by atoms with E-state index in [4.69, 9.17) is 5.10 Å². The van der Waals surface area contributed by atoms with Gasteiger partial charge in [0.1, 0.15) is 6.04 Å². The van der Waals surface area contributed by atoms with E-state index in [1.54, 1.807) is 28.6 Å². The van der Waals surface area contributed by atoms with Gasteiger partial charge < -0.3 is 5.32 Å². The molecule has 0 spiro atoms. The van der Waals surface area contributed by atoms with E-state index >= 15 is 0 Å². The fraction of sp³-hybridized carbons (Fsp3) is 0.500. The molecule has 1 aliphatic heterocycles. The zero-order valence-corrected chi connectivity index (χ0v) is 18.9. The van der Waals surface area contributed by atoms with Crippen molar-refractivity contribution >= 4 is 29.2 Å². The maximum Gasteiger partial charge on any atom is 0.269 e. The zero-order valence-electron chi connectivity index (χ0n) is 18.1. The summed E-state index contributed by atoms with van der Waals surface area (Å²) in [6.45, 7) is 6.35. The summed E-state index contributed by atoms with van der Waals surface area (Å²) in [5.74, 6) is 1.64. The molecule has 4 rings (SSSR count). The number of benzene rings is 1. The van der Waals surface area contributed by atoms with Crippen LogP contribution in [0.25, 0.3) is 0 Å². The molecule has 8 nitrogen and oxygen atoms in total. The van der Waals surface area contributed by atoms with Gasteiger partial charge >= 0.3 is 0 Å². The fourth-order valence-electron chi connectivity index (χ4n) is 4.25. The summed E-state index contributed by atoms with van der Waals surface area (Å²) in [7, 11) is 0. The number of carbonyl (C=O) groups excluding carboxylic acids is 1. The van der Waals surface area contributed by atoms with Gasteiger partial charge in [0.25, 0.3) is 5.69 Å². The van der Waals surface area contributed by atoms with Gasteiger partial charge in [0.2, 0.25) is 11.1 Å². The van der Waals surface area contributed by atoms with Crippen LogP contribution in [-0.2, 0) is 4.79 Å². The van der Waals surface area contributed by atoms with Crippen molar-refractivity contribution < 1.29 is 9.72 Å². The maximum absolute atomic E-state index is 13.2. The number of Topliss-reactive ketones (excluding diaryl/α,β-unsaturated/α-hetero) is 1. The first-order valence-corrected chi connectivity index (χ1v) is 11.6. The number of unbranched alkanes of at least 4 members (excludes halogenated alkanes) is 2. The van der Waals surface area contributed by atoms with E-state index in [1.807, 2.05) is 0 Å². The first-order chi connectivity index (χ1) is 14.8. The highest BCUT2D eigenvalue weighted by atomic mass is 32.2. The molecule has 2 aromatic rings. The van der Waals surface area contributed by atoms with Crippen LogP contribution in [0.3, 0.4) is 0 Å². The molecule has 0 bridgehead atoms. The molecule has 0 radical (unpaired) electrons. The second kappa shape index (κ2) is 8.45. The van der Waals surface area contributed by atoms with E-state index in [0.29, 0.717) is 23.1 Å². The number of ketones is 1. The van der Waals surface area contributed by atoms with Crippen molar-refractivity contribution in [2.24, 2.45) is 5.41 Å².